The van der Waals surface area contributed by atoms with Crippen molar-refractivity contribution in [1.82, 2.24) is 4.90 Å². The Morgan fingerprint density at radius 2 is 1.95 bits per heavy atom. The molecule has 0 radical (unpaired) electrons. The predicted molar refractivity (Wildman–Crippen MR) is 62.7 cm³/mol. The first-order valence-corrected chi connectivity index (χ1v) is 5.73. The molecule has 1 aromatic rings. The summed E-state index contributed by atoms with van der Waals surface area (Å²) < 4.78 is 50.2. The van der Waals surface area contributed by atoms with E-state index >= 15 is 0 Å². The third-order valence-corrected chi connectivity index (χ3v) is 2.56. The molecular weight excluding hydrogens is 264 g/mol. The normalized spacial score (nSPS) is 12.2. The van der Waals surface area contributed by atoms with Crippen molar-refractivity contribution in [1.29, 1.82) is 0 Å². The Labute approximate surface area is 108 Å². The molecule has 1 aromatic carbocycles. The van der Waals surface area contributed by atoms with Crippen molar-refractivity contribution in [3.63, 3.8) is 0 Å². The molecule has 0 saturated heterocycles. The highest BCUT2D eigenvalue weighted by molar-refractivity contribution is 5.25. The first kappa shape index (κ1) is 15.9. The fourth-order valence-electron chi connectivity index (χ4n) is 1.75. The number of aliphatic hydroxyl groups excluding tert-OH is 1. The Kier molecular flexibility index (Phi) is 5.71. The van der Waals surface area contributed by atoms with E-state index in [1.54, 1.807) is 0 Å². The van der Waals surface area contributed by atoms with Gasteiger partial charge in [-0.3, -0.25) is 4.90 Å². The Hall–Kier alpha value is -1.18. The summed E-state index contributed by atoms with van der Waals surface area (Å²) in [5.74, 6) is -0.476. The quantitative estimate of drug-likeness (QED) is 0.779. The molecule has 3 N–H and O–H groups in total. The molecule has 0 aliphatic rings. The van der Waals surface area contributed by atoms with Gasteiger partial charge in [-0.1, -0.05) is 12.1 Å². The SMILES string of the molecule is NCc1cc(CN(CCO)CC(F)(F)F)ccc1F. The van der Waals surface area contributed by atoms with Gasteiger partial charge in [0.2, 0.25) is 0 Å². The van der Waals surface area contributed by atoms with Crippen molar-refractivity contribution in [3.8, 4) is 0 Å². The molecule has 3 nitrogen and oxygen atoms in total. The monoisotopic (exact) mass is 280 g/mol. The van der Waals surface area contributed by atoms with Crippen LogP contribution < -0.4 is 5.73 Å². The molecule has 0 aliphatic carbocycles. The lowest BCUT2D eigenvalue weighted by Crippen LogP contribution is -2.35. The maximum atomic E-state index is 13.2. The van der Waals surface area contributed by atoms with Crippen molar-refractivity contribution >= 4 is 0 Å². The molecule has 0 aliphatic heterocycles. The third-order valence-electron chi connectivity index (χ3n) is 2.56. The Bertz CT molecular complexity index is 409. The Morgan fingerprint density at radius 3 is 2.47 bits per heavy atom. The van der Waals surface area contributed by atoms with E-state index in [1.165, 1.54) is 18.2 Å². The summed E-state index contributed by atoms with van der Waals surface area (Å²) in [7, 11) is 0. The minimum atomic E-state index is -4.34. The van der Waals surface area contributed by atoms with Gasteiger partial charge in [-0.25, -0.2) is 4.39 Å². The smallest absolute Gasteiger partial charge is 0.395 e. The van der Waals surface area contributed by atoms with E-state index in [4.69, 9.17) is 10.8 Å². The van der Waals surface area contributed by atoms with Crippen LogP contribution in [0.5, 0.6) is 0 Å². The van der Waals surface area contributed by atoms with Crippen molar-refractivity contribution < 1.29 is 22.7 Å². The molecular formula is C12H16F4N2O. The number of hydrogen-bond donors (Lipinski definition) is 2. The molecule has 0 unspecified atom stereocenters. The number of halogens is 4. The largest absolute Gasteiger partial charge is 0.401 e. The number of aliphatic hydroxyl groups is 1. The molecule has 0 aromatic heterocycles. The van der Waals surface area contributed by atoms with E-state index in [2.05, 4.69) is 0 Å². The van der Waals surface area contributed by atoms with Crippen LogP contribution in [-0.4, -0.2) is 35.9 Å². The summed E-state index contributed by atoms with van der Waals surface area (Å²) in [4.78, 5) is 1.05. The zero-order valence-electron chi connectivity index (χ0n) is 10.3. The fraction of sp³-hybridized carbons (Fsp3) is 0.500. The number of nitrogens with two attached hydrogens (primary N) is 1. The average molecular weight is 280 g/mol. The lowest BCUT2D eigenvalue weighted by atomic mass is 10.1. The highest BCUT2D eigenvalue weighted by Gasteiger charge is 2.30. The minimum absolute atomic E-state index is 0.0149. The predicted octanol–water partition coefficient (Wildman–Crippen LogP) is 1.64. The minimum Gasteiger partial charge on any atom is -0.395 e. The molecule has 0 saturated carbocycles. The van der Waals surface area contributed by atoms with Gasteiger partial charge in [0.05, 0.1) is 13.2 Å². The summed E-state index contributed by atoms with van der Waals surface area (Å²) in [5, 5.41) is 8.77. The third kappa shape index (κ3) is 5.54. The van der Waals surface area contributed by atoms with E-state index in [0.717, 1.165) is 4.90 Å². The molecule has 0 spiro atoms. The van der Waals surface area contributed by atoms with Crippen molar-refractivity contribution in [3.05, 3.63) is 35.1 Å². The first-order chi connectivity index (χ1) is 8.85. The molecule has 0 heterocycles. The van der Waals surface area contributed by atoms with Crippen LogP contribution in [0.1, 0.15) is 11.1 Å². The zero-order valence-corrected chi connectivity index (χ0v) is 10.3. The summed E-state index contributed by atoms with van der Waals surface area (Å²) in [6, 6.07) is 4.04. The standard InChI is InChI=1S/C12H16F4N2O/c13-11-2-1-9(5-10(11)6-17)7-18(3-4-19)8-12(14,15)16/h1-2,5,19H,3-4,6-8,17H2. The zero-order chi connectivity index (χ0) is 14.5. The number of alkyl halides is 3. The van der Waals surface area contributed by atoms with E-state index in [0.29, 0.717) is 5.56 Å². The fourth-order valence-corrected chi connectivity index (χ4v) is 1.75. The van der Waals surface area contributed by atoms with Gasteiger partial charge in [0.15, 0.2) is 0 Å². The lowest BCUT2D eigenvalue weighted by molar-refractivity contribution is -0.147. The number of benzene rings is 1. The topological polar surface area (TPSA) is 49.5 Å². The van der Waals surface area contributed by atoms with E-state index in [9.17, 15) is 17.6 Å². The van der Waals surface area contributed by atoms with Crippen LogP contribution in [0.3, 0.4) is 0 Å². The van der Waals surface area contributed by atoms with Crippen molar-refractivity contribution in [2.24, 2.45) is 5.73 Å². The van der Waals surface area contributed by atoms with Crippen LogP contribution in [0.15, 0.2) is 18.2 Å². The number of rotatable bonds is 6. The van der Waals surface area contributed by atoms with Crippen LogP contribution in [0.2, 0.25) is 0 Å². The van der Waals surface area contributed by atoms with E-state index < -0.39 is 18.5 Å². The highest BCUT2D eigenvalue weighted by atomic mass is 19.4. The van der Waals surface area contributed by atoms with E-state index in [1.807, 2.05) is 0 Å². The van der Waals surface area contributed by atoms with Crippen LogP contribution in [0.25, 0.3) is 0 Å². The highest BCUT2D eigenvalue weighted by Crippen LogP contribution is 2.19. The summed E-state index contributed by atoms with van der Waals surface area (Å²) >= 11 is 0. The second-order valence-corrected chi connectivity index (χ2v) is 4.18. The summed E-state index contributed by atoms with van der Waals surface area (Å²) in [5.41, 5.74) is 6.12. The Balaban J connectivity index is 2.78. The van der Waals surface area contributed by atoms with Crippen molar-refractivity contribution in [2.75, 3.05) is 19.7 Å². The molecule has 0 bridgehead atoms. The second kappa shape index (κ2) is 6.83. The summed E-state index contributed by atoms with van der Waals surface area (Å²) in [6.07, 6.45) is -4.34. The van der Waals surface area contributed by atoms with Gasteiger partial charge in [0, 0.05) is 25.2 Å². The van der Waals surface area contributed by atoms with Crippen LogP contribution in [0.4, 0.5) is 17.6 Å². The maximum absolute atomic E-state index is 13.2. The molecule has 108 valence electrons. The van der Waals surface area contributed by atoms with Crippen LogP contribution in [-0.2, 0) is 13.1 Å². The van der Waals surface area contributed by atoms with Gasteiger partial charge in [-0.15, -0.1) is 0 Å². The molecule has 19 heavy (non-hydrogen) atoms. The van der Waals surface area contributed by atoms with Gasteiger partial charge in [-0.2, -0.15) is 13.2 Å². The van der Waals surface area contributed by atoms with E-state index in [-0.39, 0.29) is 31.8 Å². The van der Waals surface area contributed by atoms with Gasteiger partial charge in [0.25, 0.3) is 0 Å². The first-order valence-electron chi connectivity index (χ1n) is 5.73. The molecule has 0 atom stereocenters. The Morgan fingerprint density at radius 1 is 1.26 bits per heavy atom. The van der Waals surface area contributed by atoms with Crippen LogP contribution >= 0.6 is 0 Å². The van der Waals surface area contributed by atoms with Gasteiger partial charge in [0.1, 0.15) is 5.82 Å². The molecule has 0 fully saturated rings. The van der Waals surface area contributed by atoms with Gasteiger partial charge >= 0.3 is 6.18 Å². The lowest BCUT2D eigenvalue weighted by Gasteiger charge is -2.23. The molecule has 7 heteroatoms. The maximum Gasteiger partial charge on any atom is 0.401 e. The summed E-state index contributed by atoms with van der Waals surface area (Å²) in [6.45, 7) is -1.63. The number of hydrogen-bond acceptors (Lipinski definition) is 3. The van der Waals surface area contributed by atoms with Crippen LogP contribution in [0, 0.1) is 5.82 Å². The molecule has 0 amide bonds. The molecule has 1 rings (SSSR count). The van der Waals surface area contributed by atoms with Gasteiger partial charge in [-0.05, 0) is 11.6 Å². The number of nitrogens with zero attached hydrogens (tertiary/aromatic N) is 1. The van der Waals surface area contributed by atoms with Crippen molar-refractivity contribution in [2.45, 2.75) is 19.3 Å². The average Bonchev–Trinajstić information content (AvgIpc) is 2.30. The second-order valence-electron chi connectivity index (χ2n) is 4.18. The van der Waals surface area contributed by atoms with Gasteiger partial charge < -0.3 is 10.8 Å².